The SMILES string of the molecule is CNC(=O)C(C)(C)CNc1ccc([N+](=O)[O-])cn1. The average Bonchev–Trinajstić information content (AvgIpc) is 2.35. The molecule has 0 unspecified atom stereocenters. The molecular weight excluding hydrogens is 236 g/mol. The maximum Gasteiger partial charge on any atom is 0.287 e. The fourth-order valence-electron chi connectivity index (χ4n) is 1.33. The molecule has 0 atom stereocenters. The van der Waals surface area contributed by atoms with Gasteiger partial charge in [0, 0.05) is 19.7 Å². The predicted molar refractivity (Wildman–Crippen MR) is 67.2 cm³/mol. The lowest BCUT2D eigenvalue weighted by Crippen LogP contribution is -2.39. The number of nitrogens with zero attached hydrogens (tertiary/aromatic N) is 2. The molecule has 0 aromatic carbocycles. The second kappa shape index (κ2) is 5.44. The van der Waals surface area contributed by atoms with Crippen molar-refractivity contribution in [3.05, 3.63) is 28.4 Å². The zero-order chi connectivity index (χ0) is 13.8. The quantitative estimate of drug-likeness (QED) is 0.605. The number of carbonyl (C=O) groups excluding carboxylic acids is 1. The Hall–Kier alpha value is -2.18. The molecule has 0 aliphatic rings. The minimum absolute atomic E-state index is 0.0638. The van der Waals surface area contributed by atoms with Crippen LogP contribution >= 0.6 is 0 Å². The minimum Gasteiger partial charge on any atom is -0.369 e. The fraction of sp³-hybridized carbons (Fsp3) is 0.455. The lowest BCUT2D eigenvalue weighted by atomic mass is 9.92. The van der Waals surface area contributed by atoms with Gasteiger partial charge in [0.1, 0.15) is 12.0 Å². The van der Waals surface area contributed by atoms with Gasteiger partial charge in [-0.1, -0.05) is 0 Å². The topological polar surface area (TPSA) is 97.2 Å². The van der Waals surface area contributed by atoms with Crippen LogP contribution in [-0.2, 0) is 4.79 Å². The van der Waals surface area contributed by atoms with Crippen LogP contribution in [0.25, 0.3) is 0 Å². The van der Waals surface area contributed by atoms with Gasteiger partial charge < -0.3 is 10.6 Å². The number of nitrogens with one attached hydrogen (secondary N) is 2. The molecule has 1 heterocycles. The second-order valence-electron chi connectivity index (χ2n) is 4.48. The zero-order valence-electron chi connectivity index (χ0n) is 10.6. The highest BCUT2D eigenvalue weighted by atomic mass is 16.6. The van der Waals surface area contributed by atoms with Gasteiger partial charge in [-0.15, -0.1) is 0 Å². The number of hydrogen-bond donors (Lipinski definition) is 2. The number of pyridine rings is 1. The normalized spacial score (nSPS) is 10.8. The molecule has 1 aromatic rings. The van der Waals surface area contributed by atoms with Gasteiger partial charge in [-0.2, -0.15) is 0 Å². The van der Waals surface area contributed by atoms with Crippen LogP contribution < -0.4 is 10.6 Å². The number of amides is 1. The van der Waals surface area contributed by atoms with E-state index in [-0.39, 0.29) is 11.6 Å². The van der Waals surface area contributed by atoms with E-state index in [0.29, 0.717) is 12.4 Å². The Kier molecular flexibility index (Phi) is 4.19. The highest BCUT2D eigenvalue weighted by Crippen LogP contribution is 2.17. The summed E-state index contributed by atoms with van der Waals surface area (Å²) >= 11 is 0. The van der Waals surface area contributed by atoms with Gasteiger partial charge >= 0.3 is 0 Å². The summed E-state index contributed by atoms with van der Waals surface area (Å²) in [5.74, 6) is 0.412. The highest BCUT2D eigenvalue weighted by molar-refractivity contribution is 5.82. The van der Waals surface area contributed by atoms with Gasteiger partial charge in [0.2, 0.25) is 5.91 Å². The highest BCUT2D eigenvalue weighted by Gasteiger charge is 2.26. The lowest BCUT2D eigenvalue weighted by Gasteiger charge is -2.22. The molecule has 7 nitrogen and oxygen atoms in total. The summed E-state index contributed by atoms with van der Waals surface area (Å²) in [5, 5.41) is 16.0. The molecule has 0 fully saturated rings. The molecule has 0 radical (unpaired) electrons. The summed E-state index contributed by atoms with van der Waals surface area (Å²) in [6, 6.07) is 2.88. The van der Waals surface area contributed by atoms with Gasteiger partial charge in [0.05, 0.1) is 10.3 Å². The van der Waals surface area contributed by atoms with E-state index in [4.69, 9.17) is 0 Å². The van der Waals surface area contributed by atoms with Gasteiger partial charge in [-0.25, -0.2) is 4.98 Å². The van der Waals surface area contributed by atoms with Gasteiger partial charge in [-0.3, -0.25) is 14.9 Å². The molecule has 0 aliphatic heterocycles. The first kappa shape index (κ1) is 13.9. The number of hydrogen-bond acceptors (Lipinski definition) is 5. The van der Waals surface area contributed by atoms with Crippen molar-refractivity contribution in [2.75, 3.05) is 18.9 Å². The van der Waals surface area contributed by atoms with E-state index in [1.165, 1.54) is 18.3 Å². The number of anilines is 1. The Morgan fingerprint density at radius 2 is 2.17 bits per heavy atom. The monoisotopic (exact) mass is 252 g/mol. The molecule has 0 bridgehead atoms. The van der Waals surface area contributed by atoms with Crippen LogP contribution in [-0.4, -0.2) is 29.4 Å². The summed E-state index contributed by atoms with van der Waals surface area (Å²) in [6.45, 7) is 3.98. The van der Waals surface area contributed by atoms with Crippen molar-refractivity contribution in [2.24, 2.45) is 5.41 Å². The van der Waals surface area contributed by atoms with E-state index in [1.54, 1.807) is 20.9 Å². The van der Waals surface area contributed by atoms with E-state index < -0.39 is 10.3 Å². The van der Waals surface area contributed by atoms with Gasteiger partial charge in [0.15, 0.2) is 0 Å². The molecule has 1 aromatic heterocycles. The van der Waals surface area contributed by atoms with Crippen molar-refractivity contribution in [3.8, 4) is 0 Å². The van der Waals surface area contributed by atoms with Crippen molar-refractivity contribution < 1.29 is 9.72 Å². The smallest absolute Gasteiger partial charge is 0.287 e. The lowest BCUT2D eigenvalue weighted by molar-refractivity contribution is -0.385. The number of carbonyl (C=O) groups is 1. The van der Waals surface area contributed by atoms with Crippen LogP contribution in [0.15, 0.2) is 18.3 Å². The molecule has 2 N–H and O–H groups in total. The van der Waals surface area contributed by atoms with Crippen LogP contribution in [0.3, 0.4) is 0 Å². The first-order valence-corrected chi connectivity index (χ1v) is 5.43. The van der Waals surface area contributed by atoms with Crippen LogP contribution in [0, 0.1) is 15.5 Å². The first-order valence-electron chi connectivity index (χ1n) is 5.43. The largest absolute Gasteiger partial charge is 0.369 e. The number of aromatic nitrogens is 1. The summed E-state index contributed by atoms with van der Waals surface area (Å²) in [4.78, 5) is 25.4. The summed E-state index contributed by atoms with van der Waals surface area (Å²) < 4.78 is 0. The standard InChI is InChI=1S/C11H16N4O3/c1-11(2,10(16)12-3)7-14-9-5-4-8(6-13-9)15(17)18/h4-6H,7H2,1-3H3,(H,12,16)(H,13,14). The van der Waals surface area contributed by atoms with E-state index in [2.05, 4.69) is 15.6 Å². The maximum atomic E-state index is 11.5. The molecule has 1 amide bonds. The molecule has 18 heavy (non-hydrogen) atoms. The molecule has 0 aliphatic carbocycles. The second-order valence-corrected chi connectivity index (χ2v) is 4.48. The van der Waals surface area contributed by atoms with Crippen LogP contribution in [0.5, 0.6) is 0 Å². The van der Waals surface area contributed by atoms with Crippen LogP contribution in [0.1, 0.15) is 13.8 Å². The molecular formula is C11H16N4O3. The molecule has 98 valence electrons. The van der Waals surface area contributed by atoms with Crippen LogP contribution in [0.4, 0.5) is 11.5 Å². The predicted octanol–water partition coefficient (Wildman–Crippen LogP) is 1.17. The Morgan fingerprint density at radius 1 is 1.50 bits per heavy atom. The molecule has 0 spiro atoms. The molecule has 7 heteroatoms. The fourth-order valence-corrected chi connectivity index (χ4v) is 1.33. The summed E-state index contributed by atoms with van der Waals surface area (Å²) in [7, 11) is 1.58. The van der Waals surface area contributed by atoms with Crippen LogP contribution in [0.2, 0.25) is 0 Å². The minimum atomic E-state index is -0.585. The maximum absolute atomic E-state index is 11.5. The summed E-state index contributed by atoms with van der Waals surface area (Å²) in [6.07, 6.45) is 1.18. The van der Waals surface area contributed by atoms with Crippen molar-refractivity contribution >= 4 is 17.4 Å². The Morgan fingerprint density at radius 3 is 2.61 bits per heavy atom. The Bertz CT molecular complexity index is 442. The first-order chi connectivity index (χ1) is 8.36. The van der Waals surface area contributed by atoms with E-state index in [9.17, 15) is 14.9 Å². The third-order valence-electron chi connectivity index (χ3n) is 2.51. The van der Waals surface area contributed by atoms with E-state index in [1.807, 2.05) is 0 Å². The molecule has 0 saturated carbocycles. The summed E-state index contributed by atoms with van der Waals surface area (Å²) in [5.41, 5.74) is -0.649. The number of nitro groups is 1. The average molecular weight is 252 g/mol. The van der Waals surface area contributed by atoms with Crippen molar-refractivity contribution in [3.63, 3.8) is 0 Å². The molecule has 0 saturated heterocycles. The van der Waals surface area contributed by atoms with E-state index >= 15 is 0 Å². The Balaban J connectivity index is 2.64. The third kappa shape index (κ3) is 3.41. The van der Waals surface area contributed by atoms with Gasteiger partial charge in [-0.05, 0) is 19.9 Å². The van der Waals surface area contributed by atoms with Crippen molar-refractivity contribution in [1.29, 1.82) is 0 Å². The van der Waals surface area contributed by atoms with Crippen molar-refractivity contribution in [2.45, 2.75) is 13.8 Å². The zero-order valence-corrected chi connectivity index (χ0v) is 10.6. The van der Waals surface area contributed by atoms with Crippen molar-refractivity contribution in [1.82, 2.24) is 10.3 Å². The number of rotatable bonds is 5. The molecule has 1 rings (SSSR count). The third-order valence-corrected chi connectivity index (χ3v) is 2.51. The van der Waals surface area contributed by atoms with E-state index in [0.717, 1.165) is 0 Å². The Labute approximate surface area is 105 Å². The van der Waals surface area contributed by atoms with Gasteiger partial charge in [0.25, 0.3) is 5.69 Å².